The Morgan fingerprint density at radius 3 is 2.70 bits per heavy atom. The van der Waals surface area contributed by atoms with E-state index in [-0.39, 0.29) is 0 Å². The molecule has 110 valence electrons. The largest absolute Gasteiger partial charge is 0.368 e. The number of hydrogen-bond acceptors (Lipinski definition) is 5. The third-order valence-electron chi connectivity index (χ3n) is 3.51. The van der Waals surface area contributed by atoms with Crippen LogP contribution in [0.15, 0.2) is 12.5 Å². The standard InChI is InChI=1S/C14H24N6/c1-10(2)6-11(19(3)4)7-15-13-12-8-18-20(5)14(12)17-9-16-13/h8-11H,6-7H2,1-5H3,(H,15,16,17)/t11-/m0/s1. The van der Waals surface area contributed by atoms with Crippen molar-refractivity contribution < 1.29 is 0 Å². The summed E-state index contributed by atoms with van der Waals surface area (Å²) in [6, 6.07) is 0.483. The number of aryl methyl sites for hydroxylation is 1. The normalized spacial score (nSPS) is 13.3. The minimum atomic E-state index is 0.483. The summed E-state index contributed by atoms with van der Waals surface area (Å²) in [5, 5.41) is 8.64. The van der Waals surface area contributed by atoms with Gasteiger partial charge in [0.2, 0.25) is 0 Å². The van der Waals surface area contributed by atoms with Gasteiger partial charge in [-0.1, -0.05) is 13.8 Å². The van der Waals surface area contributed by atoms with Crippen molar-refractivity contribution in [1.29, 1.82) is 0 Å². The summed E-state index contributed by atoms with van der Waals surface area (Å²) in [4.78, 5) is 10.8. The lowest BCUT2D eigenvalue weighted by molar-refractivity contribution is 0.266. The number of nitrogens with zero attached hydrogens (tertiary/aromatic N) is 5. The molecule has 0 saturated carbocycles. The Morgan fingerprint density at radius 1 is 1.30 bits per heavy atom. The van der Waals surface area contributed by atoms with Crippen LogP contribution in [0, 0.1) is 5.92 Å². The van der Waals surface area contributed by atoms with Gasteiger partial charge in [0, 0.05) is 19.6 Å². The summed E-state index contributed by atoms with van der Waals surface area (Å²) in [6.07, 6.45) is 4.55. The summed E-state index contributed by atoms with van der Waals surface area (Å²) >= 11 is 0. The van der Waals surface area contributed by atoms with Gasteiger partial charge in [-0.25, -0.2) is 9.97 Å². The third kappa shape index (κ3) is 3.25. The van der Waals surface area contributed by atoms with E-state index in [0.29, 0.717) is 12.0 Å². The summed E-state index contributed by atoms with van der Waals surface area (Å²) in [7, 11) is 6.13. The van der Waals surface area contributed by atoms with E-state index >= 15 is 0 Å². The molecule has 0 spiro atoms. The number of aromatic nitrogens is 4. The van der Waals surface area contributed by atoms with Gasteiger partial charge >= 0.3 is 0 Å². The van der Waals surface area contributed by atoms with Crippen molar-refractivity contribution in [2.45, 2.75) is 26.3 Å². The molecule has 6 heteroatoms. The Labute approximate surface area is 120 Å². The van der Waals surface area contributed by atoms with E-state index in [1.54, 1.807) is 11.0 Å². The average molecular weight is 276 g/mol. The van der Waals surface area contributed by atoms with Crippen molar-refractivity contribution in [3.8, 4) is 0 Å². The molecule has 2 aromatic heterocycles. The first-order valence-corrected chi connectivity index (χ1v) is 7.02. The van der Waals surface area contributed by atoms with Gasteiger partial charge in [0.25, 0.3) is 0 Å². The van der Waals surface area contributed by atoms with Gasteiger partial charge in [0.1, 0.15) is 12.1 Å². The first kappa shape index (κ1) is 14.7. The zero-order valence-corrected chi connectivity index (χ0v) is 13.0. The summed E-state index contributed by atoms with van der Waals surface area (Å²) < 4.78 is 1.76. The van der Waals surface area contributed by atoms with E-state index in [9.17, 15) is 0 Å². The molecule has 0 aliphatic heterocycles. The second-order valence-corrected chi connectivity index (χ2v) is 5.86. The Morgan fingerprint density at radius 2 is 2.05 bits per heavy atom. The Balaban J connectivity index is 2.11. The van der Waals surface area contributed by atoms with E-state index in [1.165, 1.54) is 0 Å². The van der Waals surface area contributed by atoms with Crippen LogP contribution < -0.4 is 5.32 Å². The smallest absolute Gasteiger partial charge is 0.163 e. The Bertz CT molecular complexity index is 560. The Kier molecular flexibility index (Phi) is 4.54. The highest BCUT2D eigenvalue weighted by Gasteiger charge is 2.14. The van der Waals surface area contributed by atoms with E-state index in [0.717, 1.165) is 29.8 Å². The van der Waals surface area contributed by atoms with Gasteiger partial charge in [0.15, 0.2) is 5.65 Å². The van der Waals surface area contributed by atoms with Gasteiger partial charge in [-0.2, -0.15) is 5.10 Å². The summed E-state index contributed by atoms with van der Waals surface area (Å²) in [6.45, 7) is 5.37. The fraction of sp³-hybridized carbons (Fsp3) is 0.643. The van der Waals surface area contributed by atoms with Crippen molar-refractivity contribution in [1.82, 2.24) is 24.6 Å². The van der Waals surface area contributed by atoms with Crippen LogP contribution in [-0.2, 0) is 7.05 Å². The Hall–Kier alpha value is -1.69. The minimum absolute atomic E-state index is 0.483. The molecular formula is C14H24N6. The predicted octanol–water partition coefficient (Wildman–Crippen LogP) is 1.75. The van der Waals surface area contributed by atoms with E-state index in [1.807, 2.05) is 13.2 Å². The molecule has 0 aromatic carbocycles. The first-order valence-electron chi connectivity index (χ1n) is 7.02. The number of fused-ring (bicyclic) bond motifs is 1. The van der Waals surface area contributed by atoms with Gasteiger partial charge in [-0.15, -0.1) is 0 Å². The number of likely N-dealkylation sites (N-methyl/N-ethyl adjacent to an activating group) is 1. The van der Waals surface area contributed by atoms with E-state index in [4.69, 9.17) is 0 Å². The van der Waals surface area contributed by atoms with Crippen LogP contribution in [-0.4, -0.2) is 51.3 Å². The van der Waals surface area contributed by atoms with Crippen LogP contribution in [0.2, 0.25) is 0 Å². The highest BCUT2D eigenvalue weighted by Crippen LogP contribution is 2.18. The predicted molar refractivity (Wildman–Crippen MR) is 81.7 cm³/mol. The molecule has 0 aliphatic rings. The lowest BCUT2D eigenvalue weighted by Crippen LogP contribution is -2.35. The van der Waals surface area contributed by atoms with E-state index in [2.05, 4.69) is 53.2 Å². The van der Waals surface area contributed by atoms with Crippen LogP contribution in [0.25, 0.3) is 11.0 Å². The summed E-state index contributed by atoms with van der Waals surface area (Å²) in [5.41, 5.74) is 0.854. The number of anilines is 1. The molecule has 0 amide bonds. The van der Waals surface area contributed by atoms with Gasteiger partial charge < -0.3 is 10.2 Å². The topological polar surface area (TPSA) is 58.9 Å². The molecule has 0 aliphatic carbocycles. The number of nitrogens with one attached hydrogen (secondary N) is 1. The highest BCUT2D eigenvalue weighted by atomic mass is 15.3. The fourth-order valence-corrected chi connectivity index (χ4v) is 2.34. The van der Waals surface area contributed by atoms with Crippen molar-refractivity contribution in [3.05, 3.63) is 12.5 Å². The molecule has 0 bridgehead atoms. The molecule has 6 nitrogen and oxygen atoms in total. The minimum Gasteiger partial charge on any atom is -0.368 e. The fourth-order valence-electron chi connectivity index (χ4n) is 2.34. The molecule has 1 atom stereocenters. The molecule has 2 aromatic rings. The molecule has 2 rings (SSSR count). The number of hydrogen-bond donors (Lipinski definition) is 1. The van der Waals surface area contributed by atoms with Crippen molar-refractivity contribution in [2.75, 3.05) is 26.0 Å². The van der Waals surface area contributed by atoms with Crippen LogP contribution in [0.4, 0.5) is 5.82 Å². The van der Waals surface area contributed by atoms with Crippen LogP contribution in [0.1, 0.15) is 20.3 Å². The molecule has 0 radical (unpaired) electrons. The molecule has 20 heavy (non-hydrogen) atoms. The molecular weight excluding hydrogens is 252 g/mol. The monoisotopic (exact) mass is 276 g/mol. The maximum absolute atomic E-state index is 4.34. The van der Waals surface area contributed by atoms with Crippen molar-refractivity contribution in [3.63, 3.8) is 0 Å². The maximum Gasteiger partial charge on any atom is 0.163 e. The second-order valence-electron chi connectivity index (χ2n) is 5.86. The zero-order chi connectivity index (χ0) is 14.7. The van der Waals surface area contributed by atoms with Gasteiger partial charge in [-0.3, -0.25) is 4.68 Å². The zero-order valence-electron chi connectivity index (χ0n) is 13.0. The molecule has 0 saturated heterocycles. The van der Waals surface area contributed by atoms with Crippen molar-refractivity contribution in [2.24, 2.45) is 13.0 Å². The molecule has 0 unspecified atom stereocenters. The molecule has 0 fully saturated rings. The van der Waals surface area contributed by atoms with Crippen molar-refractivity contribution >= 4 is 16.9 Å². The molecule has 2 heterocycles. The summed E-state index contributed by atoms with van der Waals surface area (Å²) in [5.74, 6) is 1.53. The second kappa shape index (κ2) is 6.17. The highest BCUT2D eigenvalue weighted by molar-refractivity contribution is 5.85. The van der Waals surface area contributed by atoms with Gasteiger partial charge in [-0.05, 0) is 26.4 Å². The quantitative estimate of drug-likeness (QED) is 0.871. The average Bonchev–Trinajstić information content (AvgIpc) is 2.76. The third-order valence-corrected chi connectivity index (χ3v) is 3.51. The van der Waals surface area contributed by atoms with E-state index < -0.39 is 0 Å². The SMILES string of the molecule is CC(C)C[C@@H](CNc1ncnc2c1cnn2C)N(C)C. The maximum atomic E-state index is 4.34. The van der Waals surface area contributed by atoms with Crippen LogP contribution >= 0.6 is 0 Å². The van der Waals surface area contributed by atoms with Crippen LogP contribution in [0.3, 0.4) is 0 Å². The molecule has 1 N–H and O–H groups in total. The van der Waals surface area contributed by atoms with Gasteiger partial charge in [0.05, 0.1) is 11.6 Å². The lowest BCUT2D eigenvalue weighted by atomic mass is 10.0. The lowest BCUT2D eigenvalue weighted by Gasteiger charge is -2.26. The first-order chi connectivity index (χ1) is 9.49. The van der Waals surface area contributed by atoms with Crippen LogP contribution in [0.5, 0.6) is 0 Å². The number of rotatable bonds is 6.